The quantitative estimate of drug-likeness (QED) is 0.799. The van der Waals surface area contributed by atoms with Gasteiger partial charge in [-0.2, -0.15) is 0 Å². The molecule has 15 heavy (non-hydrogen) atoms. The molecule has 1 rings (SSSR count). The lowest BCUT2D eigenvalue weighted by Gasteiger charge is -2.32. The Labute approximate surface area is 90.6 Å². The monoisotopic (exact) mass is 234 g/mol. The van der Waals surface area contributed by atoms with Crippen molar-refractivity contribution in [2.75, 3.05) is 12.0 Å². The van der Waals surface area contributed by atoms with Gasteiger partial charge in [0.1, 0.15) is 9.84 Å². The molecule has 1 aliphatic carbocycles. The molecule has 1 N–H and O–H groups in total. The van der Waals surface area contributed by atoms with Gasteiger partial charge in [-0.1, -0.05) is 19.3 Å². The van der Waals surface area contributed by atoms with Gasteiger partial charge in [0.25, 0.3) is 0 Å². The van der Waals surface area contributed by atoms with Crippen molar-refractivity contribution >= 4 is 15.8 Å². The number of rotatable bonds is 4. The van der Waals surface area contributed by atoms with E-state index in [-0.39, 0.29) is 12.2 Å². The van der Waals surface area contributed by atoms with Gasteiger partial charge in [0.2, 0.25) is 0 Å². The molecule has 5 heteroatoms. The average molecular weight is 234 g/mol. The number of aliphatic carboxylic acids is 1. The van der Waals surface area contributed by atoms with Crippen molar-refractivity contribution in [1.29, 1.82) is 0 Å². The molecule has 1 aliphatic rings. The van der Waals surface area contributed by atoms with Crippen LogP contribution in [0.1, 0.15) is 38.5 Å². The Kier molecular flexibility index (Phi) is 3.76. The SMILES string of the molecule is CS(=O)(=O)CCC1(C(=O)O)CCCCC1. The Hall–Kier alpha value is -0.580. The molecule has 0 heterocycles. The fourth-order valence-electron chi connectivity index (χ4n) is 2.18. The minimum Gasteiger partial charge on any atom is -0.481 e. The average Bonchev–Trinajstić information content (AvgIpc) is 2.15. The summed E-state index contributed by atoms with van der Waals surface area (Å²) in [7, 11) is -3.06. The van der Waals surface area contributed by atoms with Crippen LogP contribution < -0.4 is 0 Å². The van der Waals surface area contributed by atoms with Crippen molar-refractivity contribution in [1.82, 2.24) is 0 Å². The summed E-state index contributed by atoms with van der Waals surface area (Å²) in [5.41, 5.74) is -0.776. The van der Waals surface area contributed by atoms with E-state index in [0.717, 1.165) is 25.5 Å². The highest BCUT2D eigenvalue weighted by Crippen LogP contribution is 2.39. The summed E-state index contributed by atoms with van der Waals surface area (Å²) in [6.07, 6.45) is 5.53. The van der Waals surface area contributed by atoms with E-state index in [9.17, 15) is 18.3 Å². The maximum absolute atomic E-state index is 11.2. The third kappa shape index (κ3) is 3.48. The molecular weight excluding hydrogens is 216 g/mol. The summed E-state index contributed by atoms with van der Waals surface area (Å²) in [6, 6.07) is 0. The van der Waals surface area contributed by atoms with E-state index < -0.39 is 21.2 Å². The Morgan fingerprint density at radius 1 is 1.27 bits per heavy atom. The van der Waals surface area contributed by atoms with E-state index in [1.165, 1.54) is 0 Å². The molecule has 0 bridgehead atoms. The van der Waals surface area contributed by atoms with Gasteiger partial charge in [0, 0.05) is 6.26 Å². The lowest BCUT2D eigenvalue weighted by molar-refractivity contribution is -0.151. The molecule has 0 aromatic heterocycles. The molecule has 0 amide bonds. The molecule has 0 saturated heterocycles. The second kappa shape index (κ2) is 4.51. The number of hydrogen-bond donors (Lipinski definition) is 1. The van der Waals surface area contributed by atoms with Crippen LogP contribution in [0.2, 0.25) is 0 Å². The summed E-state index contributed by atoms with van der Waals surface area (Å²) in [5.74, 6) is -0.842. The first-order valence-corrected chi connectivity index (χ1v) is 7.33. The third-order valence-electron chi connectivity index (χ3n) is 3.22. The van der Waals surface area contributed by atoms with Crippen LogP contribution in [-0.2, 0) is 14.6 Å². The molecular formula is C10H18O4S. The van der Waals surface area contributed by atoms with Crippen molar-refractivity contribution in [3.63, 3.8) is 0 Å². The number of hydrogen-bond acceptors (Lipinski definition) is 3. The minimum absolute atomic E-state index is 0.0146. The highest BCUT2D eigenvalue weighted by Gasteiger charge is 2.39. The van der Waals surface area contributed by atoms with Gasteiger partial charge in [0.05, 0.1) is 11.2 Å². The van der Waals surface area contributed by atoms with Crippen LogP contribution in [0, 0.1) is 5.41 Å². The van der Waals surface area contributed by atoms with E-state index in [4.69, 9.17) is 0 Å². The second-order valence-electron chi connectivity index (χ2n) is 4.53. The molecule has 0 atom stereocenters. The van der Waals surface area contributed by atoms with Gasteiger partial charge in [-0.3, -0.25) is 4.79 Å². The van der Waals surface area contributed by atoms with Crippen LogP contribution in [0.25, 0.3) is 0 Å². The number of sulfone groups is 1. The molecule has 1 saturated carbocycles. The largest absolute Gasteiger partial charge is 0.481 e. The predicted octanol–water partition coefficient (Wildman–Crippen LogP) is 1.46. The number of carboxylic acids is 1. The minimum atomic E-state index is -3.06. The lowest BCUT2D eigenvalue weighted by atomic mass is 9.72. The van der Waals surface area contributed by atoms with Gasteiger partial charge in [0.15, 0.2) is 0 Å². The van der Waals surface area contributed by atoms with E-state index in [1.54, 1.807) is 0 Å². The maximum Gasteiger partial charge on any atom is 0.309 e. The van der Waals surface area contributed by atoms with E-state index in [1.807, 2.05) is 0 Å². The summed E-state index contributed by atoms with van der Waals surface area (Å²) in [5, 5.41) is 9.19. The Morgan fingerprint density at radius 2 is 1.80 bits per heavy atom. The molecule has 0 spiro atoms. The van der Waals surface area contributed by atoms with Crippen molar-refractivity contribution in [2.45, 2.75) is 38.5 Å². The maximum atomic E-state index is 11.2. The van der Waals surface area contributed by atoms with Crippen LogP contribution in [0.3, 0.4) is 0 Å². The van der Waals surface area contributed by atoms with Gasteiger partial charge in [-0.05, 0) is 19.3 Å². The van der Waals surface area contributed by atoms with E-state index in [2.05, 4.69) is 0 Å². The summed E-state index contributed by atoms with van der Waals surface area (Å²) >= 11 is 0. The molecule has 1 fully saturated rings. The molecule has 4 nitrogen and oxygen atoms in total. The Balaban J connectivity index is 2.69. The van der Waals surface area contributed by atoms with Crippen LogP contribution >= 0.6 is 0 Å². The molecule has 0 aliphatic heterocycles. The van der Waals surface area contributed by atoms with Crippen molar-refractivity contribution in [2.24, 2.45) is 5.41 Å². The first-order valence-electron chi connectivity index (χ1n) is 5.27. The van der Waals surface area contributed by atoms with Crippen LogP contribution in [0.4, 0.5) is 0 Å². The Bertz CT molecular complexity index is 325. The zero-order valence-electron chi connectivity index (χ0n) is 9.03. The smallest absolute Gasteiger partial charge is 0.309 e. The van der Waals surface area contributed by atoms with E-state index in [0.29, 0.717) is 12.8 Å². The highest BCUT2D eigenvalue weighted by atomic mass is 32.2. The zero-order valence-corrected chi connectivity index (χ0v) is 9.85. The number of carbonyl (C=O) groups is 1. The van der Waals surface area contributed by atoms with Gasteiger partial charge >= 0.3 is 5.97 Å². The summed E-state index contributed by atoms with van der Waals surface area (Å²) in [4.78, 5) is 11.2. The fourth-order valence-corrected chi connectivity index (χ4v) is 2.94. The van der Waals surface area contributed by atoms with Gasteiger partial charge < -0.3 is 5.11 Å². The first-order chi connectivity index (χ1) is 6.86. The van der Waals surface area contributed by atoms with Crippen LogP contribution in [0.15, 0.2) is 0 Å². The summed E-state index contributed by atoms with van der Waals surface area (Å²) in [6.45, 7) is 0. The second-order valence-corrected chi connectivity index (χ2v) is 6.79. The molecule has 0 unspecified atom stereocenters. The first kappa shape index (κ1) is 12.5. The lowest BCUT2D eigenvalue weighted by Crippen LogP contribution is -2.35. The molecule has 0 radical (unpaired) electrons. The van der Waals surface area contributed by atoms with Crippen molar-refractivity contribution in [3.05, 3.63) is 0 Å². The van der Waals surface area contributed by atoms with E-state index >= 15 is 0 Å². The van der Waals surface area contributed by atoms with Gasteiger partial charge in [-0.25, -0.2) is 8.42 Å². The van der Waals surface area contributed by atoms with Gasteiger partial charge in [-0.15, -0.1) is 0 Å². The van der Waals surface area contributed by atoms with Crippen molar-refractivity contribution in [3.8, 4) is 0 Å². The highest BCUT2D eigenvalue weighted by molar-refractivity contribution is 7.90. The molecule has 0 aromatic rings. The molecule has 88 valence electrons. The van der Waals surface area contributed by atoms with Crippen LogP contribution in [-0.4, -0.2) is 31.5 Å². The Morgan fingerprint density at radius 3 is 2.20 bits per heavy atom. The fraction of sp³-hybridized carbons (Fsp3) is 0.900. The normalized spacial score (nSPS) is 21.1. The molecule has 0 aromatic carbocycles. The van der Waals surface area contributed by atoms with Crippen LogP contribution in [0.5, 0.6) is 0 Å². The predicted molar refractivity (Wildman–Crippen MR) is 57.5 cm³/mol. The van der Waals surface area contributed by atoms with Crippen molar-refractivity contribution < 1.29 is 18.3 Å². The topological polar surface area (TPSA) is 71.4 Å². The third-order valence-corrected chi connectivity index (χ3v) is 4.16. The summed E-state index contributed by atoms with van der Waals surface area (Å²) < 4.78 is 22.1. The standard InChI is InChI=1S/C10H18O4S/c1-15(13,14)8-7-10(9(11)12)5-3-2-4-6-10/h2-8H2,1H3,(H,11,12). The zero-order chi connectivity index (χ0) is 11.5. The number of carboxylic acid groups (broad SMARTS) is 1.